The molecule has 4 amide bonds. The fourth-order valence-electron chi connectivity index (χ4n) is 4.14. The zero-order chi connectivity index (χ0) is 31.1. The number of rotatable bonds is 12. The van der Waals surface area contributed by atoms with Gasteiger partial charge in [-0.15, -0.1) is 0 Å². The van der Waals surface area contributed by atoms with Crippen LogP contribution < -0.4 is 10.6 Å². The molecule has 0 aromatic rings. The summed E-state index contributed by atoms with van der Waals surface area (Å²) in [4.78, 5) is 80.0. The van der Waals surface area contributed by atoms with E-state index in [1.807, 2.05) is 0 Å². The van der Waals surface area contributed by atoms with Crippen LogP contribution in [0.5, 0.6) is 0 Å². The van der Waals surface area contributed by atoms with Crippen LogP contribution in [0.3, 0.4) is 0 Å². The van der Waals surface area contributed by atoms with E-state index in [4.69, 9.17) is 9.47 Å². The minimum Gasteiger partial charge on any atom is -0.464 e. The Hall–Kier alpha value is -3.22. The van der Waals surface area contributed by atoms with Crippen LogP contribution in [-0.4, -0.2) is 120 Å². The lowest BCUT2D eigenvalue weighted by Crippen LogP contribution is -2.61. The van der Waals surface area contributed by atoms with Gasteiger partial charge in [0.15, 0.2) is 0 Å². The molecule has 228 valence electrons. The van der Waals surface area contributed by atoms with Gasteiger partial charge < -0.3 is 29.9 Å². The number of hydrogen-bond donors (Lipinski definition) is 2. The summed E-state index contributed by atoms with van der Waals surface area (Å²) in [6, 6.07) is -0.804. The largest absolute Gasteiger partial charge is 0.464 e. The first-order valence-corrected chi connectivity index (χ1v) is 13.5. The van der Waals surface area contributed by atoms with Crippen LogP contribution in [0.4, 0.5) is 0 Å². The number of carbonyl (C=O) groups is 6. The maximum Gasteiger partial charge on any atom is 0.331 e. The molecule has 1 aliphatic rings. The molecule has 1 rings (SSSR count). The van der Waals surface area contributed by atoms with Crippen molar-refractivity contribution in [3.05, 3.63) is 0 Å². The predicted molar refractivity (Wildman–Crippen MR) is 147 cm³/mol. The van der Waals surface area contributed by atoms with Crippen molar-refractivity contribution >= 4 is 35.6 Å². The number of nitrogens with one attached hydrogen (secondary N) is 2. The Morgan fingerprint density at radius 3 is 2.02 bits per heavy atom. The zero-order valence-electron chi connectivity index (χ0n) is 25.6. The van der Waals surface area contributed by atoms with Crippen molar-refractivity contribution in [1.29, 1.82) is 0 Å². The van der Waals surface area contributed by atoms with Gasteiger partial charge in [-0.2, -0.15) is 0 Å². The summed E-state index contributed by atoms with van der Waals surface area (Å²) in [6.07, 6.45) is 0.996. The highest BCUT2D eigenvalue weighted by molar-refractivity contribution is 5.97. The topological polar surface area (TPSA) is 155 Å². The van der Waals surface area contributed by atoms with E-state index in [9.17, 15) is 28.8 Å². The smallest absolute Gasteiger partial charge is 0.331 e. The maximum atomic E-state index is 13.4. The van der Waals surface area contributed by atoms with Crippen molar-refractivity contribution in [2.24, 2.45) is 0 Å². The van der Waals surface area contributed by atoms with Crippen molar-refractivity contribution in [3.63, 3.8) is 0 Å². The SMILES string of the molecule is CCOC(=O)C(C)(C)NC(=O)C1CCCN1C(=O)C(C)(C)NC(=O)CN(C)C(=O)CN(C)CC(=O)OC(C)(C)C. The van der Waals surface area contributed by atoms with Crippen LogP contribution >= 0.6 is 0 Å². The van der Waals surface area contributed by atoms with Crippen LogP contribution in [0.1, 0.15) is 68.2 Å². The highest BCUT2D eigenvalue weighted by atomic mass is 16.6. The van der Waals surface area contributed by atoms with Crippen molar-refractivity contribution in [3.8, 4) is 0 Å². The van der Waals surface area contributed by atoms with E-state index in [1.165, 1.54) is 49.4 Å². The number of amides is 4. The number of hydrogen-bond acceptors (Lipinski definition) is 9. The lowest BCUT2D eigenvalue weighted by Gasteiger charge is -2.34. The van der Waals surface area contributed by atoms with Crippen molar-refractivity contribution in [1.82, 2.24) is 25.3 Å². The summed E-state index contributed by atoms with van der Waals surface area (Å²) >= 11 is 0. The van der Waals surface area contributed by atoms with Crippen molar-refractivity contribution < 1.29 is 38.2 Å². The molecule has 0 aromatic heterocycles. The molecule has 1 fully saturated rings. The average Bonchev–Trinajstić information content (AvgIpc) is 3.26. The molecule has 0 aliphatic carbocycles. The molecule has 1 heterocycles. The third kappa shape index (κ3) is 10.7. The monoisotopic (exact) mass is 569 g/mol. The highest BCUT2D eigenvalue weighted by Gasteiger charge is 2.43. The molecule has 2 N–H and O–H groups in total. The lowest BCUT2D eigenvalue weighted by molar-refractivity contribution is -0.156. The van der Waals surface area contributed by atoms with Gasteiger partial charge in [0, 0.05) is 13.6 Å². The first kappa shape index (κ1) is 34.8. The van der Waals surface area contributed by atoms with Crippen LogP contribution in [0, 0.1) is 0 Å². The van der Waals surface area contributed by atoms with E-state index >= 15 is 0 Å². The Morgan fingerprint density at radius 2 is 1.48 bits per heavy atom. The van der Waals surface area contributed by atoms with Gasteiger partial charge in [-0.25, -0.2) is 4.79 Å². The second-order valence-corrected chi connectivity index (χ2v) is 12.2. The quantitative estimate of drug-likeness (QED) is 0.311. The predicted octanol–water partition coefficient (Wildman–Crippen LogP) is 0.0620. The standard InChI is InChI=1S/C27H47N5O8/c1-11-39-24(38)27(7,8)29-22(36)18-13-12-14-32(18)23(37)26(5,6)28-19(33)15-31(10)20(34)16-30(9)17-21(35)40-25(2,3)4/h18H,11-17H2,1-10H3,(H,28,33)(H,29,36). The van der Waals surface area contributed by atoms with Gasteiger partial charge in [0.05, 0.1) is 26.2 Å². The highest BCUT2D eigenvalue weighted by Crippen LogP contribution is 2.23. The maximum absolute atomic E-state index is 13.4. The number of esters is 2. The fraction of sp³-hybridized carbons (Fsp3) is 0.778. The van der Waals surface area contributed by atoms with Crippen LogP contribution in [0.25, 0.3) is 0 Å². The van der Waals surface area contributed by atoms with E-state index in [1.54, 1.807) is 34.7 Å². The van der Waals surface area contributed by atoms with E-state index in [0.717, 1.165) is 0 Å². The molecule has 13 heteroatoms. The number of likely N-dealkylation sites (tertiary alicyclic amines) is 1. The Bertz CT molecular complexity index is 972. The van der Waals surface area contributed by atoms with Crippen LogP contribution in [0.2, 0.25) is 0 Å². The minimum absolute atomic E-state index is 0.0911. The third-order valence-corrected chi connectivity index (χ3v) is 6.06. The molecule has 1 unspecified atom stereocenters. The van der Waals surface area contributed by atoms with Gasteiger partial charge in [-0.3, -0.25) is 28.9 Å². The molecule has 1 atom stereocenters. The molecule has 0 bridgehead atoms. The molecule has 0 radical (unpaired) electrons. The Balaban J connectivity index is 2.73. The molecule has 0 saturated carbocycles. The molecule has 0 aromatic carbocycles. The van der Waals surface area contributed by atoms with E-state index in [2.05, 4.69) is 10.6 Å². The van der Waals surface area contributed by atoms with Gasteiger partial charge in [-0.05, 0) is 75.3 Å². The Labute approximate surface area is 237 Å². The normalized spacial score (nSPS) is 15.9. The number of likely N-dealkylation sites (N-methyl/N-ethyl adjacent to an activating group) is 2. The second-order valence-electron chi connectivity index (χ2n) is 12.2. The molecular weight excluding hydrogens is 522 g/mol. The van der Waals surface area contributed by atoms with Crippen LogP contribution in [-0.2, 0) is 38.2 Å². The molecule has 13 nitrogen and oxygen atoms in total. The van der Waals surface area contributed by atoms with E-state index < -0.39 is 58.3 Å². The van der Waals surface area contributed by atoms with E-state index in [-0.39, 0.29) is 26.2 Å². The van der Waals surface area contributed by atoms with Gasteiger partial charge in [-0.1, -0.05) is 0 Å². The molecule has 1 saturated heterocycles. The van der Waals surface area contributed by atoms with Crippen molar-refractivity contribution in [2.75, 3.05) is 46.9 Å². The van der Waals surface area contributed by atoms with Gasteiger partial charge >= 0.3 is 11.9 Å². The summed E-state index contributed by atoms with van der Waals surface area (Å²) in [5.41, 5.74) is -3.28. The number of carbonyl (C=O) groups excluding carboxylic acids is 6. The average molecular weight is 570 g/mol. The number of ether oxygens (including phenoxy) is 2. The zero-order valence-corrected chi connectivity index (χ0v) is 25.6. The summed E-state index contributed by atoms with van der Waals surface area (Å²) in [5.74, 6) is -2.95. The van der Waals surface area contributed by atoms with Gasteiger partial charge in [0.1, 0.15) is 22.7 Å². The molecule has 1 aliphatic heterocycles. The summed E-state index contributed by atoms with van der Waals surface area (Å²) in [5, 5.41) is 5.32. The fourth-order valence-corrected chi connectivity index (χ4v) is 4.14. The minimum atomic E-state index is -1.37. The first-order valence-electron chi connectivity index (χ1n) is 13.5. The van der Waals surface area contributed by atoms with E-state index in [0.29, 0.717) is 19.4 Å². The second kappa shape index (κ2) is 13.9. The van der Waals surface area contributed by atoms with Crippen molar-refractivity contribution in [2.45, 2.75) is 91.0 Å². The first-order chi connectivity index (χ1) is 18.2. The van der Waals surface area contributed by atoms with Gasteiger partial charge in [0.2, 0.25) is 23.6 Å². The number of nitrogens with zero attached hydrogens (tertiary/aromatic N) is 3. The Kier molecular flexibility index (Phi) is 12.1. The lowest BCUT2D eigenvalue weighted by atomic mass is 10.0. The molecule has 0 spiro atoms. The van der Waals surface area contributed by atoms with Crippen LogP contribution in [0.15, 0.2) is 0 Å². The summed E-state index contributed by atoms with van der Waals surface area (Å²) in [7, 11) is 3.04. The summed E-state index contributed by atoms with van der Waals surface area (Å²) < 4.78 is 10.3. The molecule has 40 heavy (non-hydrogen) atoms. The Morgan fingerprint density at radius 1 is 0.875 bits per heavy atom. The third-order valence-electron chi connectivity index (χ3n) is 6.06. The molecular formula is C27H47N5O8. The summed E-state index contributed by atoms with van der Waals surface area (Å²) in [6.45, 7) is 13.0. The van der Waals surface area contributed by atoms with Gasteiger partial charge in [0.25, 0.3) is 0 Å².